The Hall–Kier alpha value is -2.83. The van der Waals surface area contributed by atoms with Crippen LogP contribution in [0.1, 0.15) is 54.0 Å². The van der Waals surface area contributed by atoms with Gasteiger partial charge in [-0.25, -0.2) is 0 Å². The summed E-state index contributed by atoms with van der Waals surface area (Å²) in [6, 6.07) is 9.93. The summed E-state index contributed by atoms with van der Waals surface area (Å²) in [7, 11) is 1.76. The van der Waals surface area contributed by atoms with E-state index in [-0.39, 0.29) is 11.9 Å². The molecule has 1 aromatic heterocycles. The van der Waals surface area contributed by atoms with Crippen LogP contribution >= 0.6 is 0 Å². The molecule has 0 spiro atoms. The van der Waals surface area contributed by atoms with Crippen molar-refractivity contribution in [1.29, 1.82) is 0 Å². The zero-order valence-electron chi connectivity index (χ0n) is 18.2. The predicted octanol–water partition coefficient (Wildman–Crippen LogP) is 2.78. The van der Waals surface area contributed by atoms with Crippen molar-refractivity contribution in [1.82, 2.24) is 25.7 Å². The monoisotopic (exact) mass is 398 g/mol. The van der Waals surface area contributed by atoms with E-state index < -0.39 is 0 Å². The van der Waals surface area contributed by atoms with Crippen molar-refractivity contribution in [3.63, 3.8) is 0 Å². The number of carbonyl (C=O) groups is 1. The molecule has 0 aliphatic heterocycles. The molecule has 0 aliphatic carbocycles. The van der Waals surface area contributed by atoms with E-state index in [1.807, 2.05) is 42.8 Å². The third-order valence-corrected chi connectivity index (χ3v) is 4.83. The van der Waals surface area contributed by atoms with Crippen molar-refractivity contribution < 1.29 is 4.79 Å². The first-order valence-electron chi connectivity index (χ1n) is 10.3. The van der Waals surface area contributed by atoms with Crippen molar-refractivity contribution in [3.05, 3.63) is 52.8 Å². The minimum absolute atomic E-state index is 0.0288. The SMILES string of the molecule is CCC(C)NC(=O)c1ccc(CNC(=NC)NCCCn2nc(C)cc2C)cc1. The van der Waals surface area contributed by atoms with Gasteiger partial charge >= 0.3 is 0 Å². The van der Waals surface area contributed by atoms with Gasteiger partial charge in [-0.15, -0.1) is 0 Å². The van der Waals surface area contributed by atoms with Gasteiger partial charge in [-0.2, -0.15) is 5.10 Å². The first-order chi connectivity index (χ1) is 13.9. The molecule has 1 aromatic carbocycles. The van der Waals surface area contributed by atoms with E-state index in [0.717, 1.165) is 43.1 Å². The fourth-order valence-corrected chi connectivity index (χ4v) is 2.93. The highest BCUT2D eigenvalue weighted by Crippen LogP contribution is 2.05. The fraction of sp³-hybridized carbons (Fsp3) is 0.500. The van der Waals surface area contributed by atoms with Gasteiger partial charge in [-0.1, -0.05) is 19.1 Å². The summed E-state index contributed by atoms with van der Waals surface area (Å²) in [5.74, 6) is 0.732. The molecule has 7 heteroatoms. The van der Waals surface area contributed by atoms with E-state index in [0.29, 0.717) is 12.1 Å². The van der Waals surface area contributed by atoms with Crippen molar-refractivity contribution in [2.45, 2.75) is 59.7 Å². The van der Waals surface area contributed by atoms with Crippen molar-refractivity contribution in [3.8, 4) is 0 Å². The van der Waals surface area contributed by atoms with Crippen LogP contribution in [0.4, 0.5) is 0 Å². The molecule has 0 bridgehead atoms. The minimum Gasteiger partial charge on any atom is -0.356 e. The van der Waals surface area contributed by atoms with Crippen LogP contribution in [0.2, 0.25) is 0 Å². The molecular weight excluding hydrogens is 364 g/mol. The quantitative estimate of drug-likeness (QED) is 0.345. The van der Waals surface area contributed by atoms with Gasteiger partial charge in [0.1, 0.15) is 0 Å². The van der Waals surface area contributed by atoms with Gasteiger partial charge in [0.05, 0.1) is 5.69 Å². The van der Waals surface area contributed by atoms with Crippen LogP contribution in [0.3, 0.4) is 0 Å². The average molecular weight is 399 g/mol. The number of rotatable bonds is 9. The fourth-order valence-electron chi connectivity index (χ4n) is 2.93. The molecule has 0 fully saturated rings. The number of hydrogen-bond acceptors (Lipinski definition) is 3. The lowest BCUT2D eigenvalue weighted by Crippen LogP contribution is -2.37. The maximum Gasteiger partial charge on any atom is 0.251 e. The van der Waals surface area contributed by atoms with Gasteiger partial charge in [0, 0.05) is 44.0 Å². The van der Waals surface area contributed by atoms with Gasteiger partial charge in [0.2, 0.25) is 0 Å². The highest BCUT2D eigenvalue weighted by molar-refractivity contribution is 5.94. The Morgan fingerprint density at radius 3 is 2.52 bits per heavy atom. The summed E-state index contributed by atoms with van der Waals surface area (Å²) in [4.78, 5) is 16.4. The Morgan fingerprint density at radius 2 is 1.93 bits per heavy atom. The number of aliphatic imine (C=N–C) groups is 1. The van der Waals surface area contributed by atoms with E-state index in [9.17, 15) is 4.79 Å². The molecule has 1 amide bonds. The molecule has 3 N–H and O–H groups in total. The van der Waals surface area contributed by atoms with Crippen LogP contribution in [0.5, 0.6) is 0 Å². The number of nitrogens with one attached hydrogen (secondary N) is 3. The average Bonchev–Trinajstić information content (AvgIpc) is 3.04. The summed E-state index contributed by atoms with van der Waals surface area (Å²) in [5, 5.41) is 14.1. The lowest BCUT2D eigenvalue weighted by Gasteiger charge is -2.13. The summed E-state index contributed by atoms with van der Waals surface area (Å²) in [5.41, 5.74) is 4.01. The topological polar surface area (TPSA) is 83.3 Å². The number of nitrogens with zero attached hydrogens (tertiary/aromatic N) is 3. The van der Waals surface area contributed by atoms with Crippen LogP contribution in [0, 0.1) is 13.8 Å². The third-order valence-electron chi connectivity index (χ3n) is 4.83. The van der Waals surface area contributed by atoms with E-state index in [4.69, 9.17) is 0 Å². The molecule has 1 heterocycles. The van der Waals surface area contributed by atoms with E-state index in [2.05, 4.69) is 46.0 Å². The number of aryl methyl sites for hydroxylation is 3. The summed E-state index contributed by atoms with van der Waals surface area (Å²) >= 11 is 0. The smallest absolute Gasteiger partial charge is 0.251 e. The molecule has 2 rings (SSSR count). The lowest BCUT2D eigenvalue weighted by molar-refractivity contribution is 0.0939. The second-order valence-corrected chi connectivity index (χ2v) is 7.34. The number of aromatic nitrogens is 2. The third kappa shape index (κ3) is 7.25. The van der Waals surface area contributed by atoms with Crippen LogP contribution in [0.25, 0.3) is 0 Å². The van der Waals surface area contributed by atoms with Gasteiger partial charge in [-0.3, -0.25) is 14.5 Å². The maximum atomic E-state index is 12.1. The maximum absolute atomic E-state index is 12.1. The summed E-state index contributed by atoms with van der Waals surface area (Å²) < 4.78 is 2.03. The van der Waals surface area contributed by atoms with Gasteiger partial charge in [-0.05, 0) is 57.4 Å². The van der Waals surface area contributed by atoms with Gasteiger partial charge in [0.15, 0.2) is 5.96 Å². The van der Waals surface area contributed by atoms with Crippen LogP contribution < -0.4 is 16.0 Å². The molecule has 0 saturated carbocycles. The minimum atomic E-state index is -0.0288. The molecule has 2 aromatic rings. The number of amides is 1. The van der Waals surface area contributed by atoms with Crippen molar-refractivity contribution in [2.75, 3.05) is 13.6 Å². The molecular formula is C22H34N6O. The van der Waals surface area contributed by atoms with Crippen molar-refractivity contribution in [2.24, 2.45) is 4.99 Å². The Balaban J connectivity index is 1.74. The standard InChI is InChI=1S/C22H34N6O/c1-6-16(2)26-21(29)20-10-8-19(9-11-20)15-25-22(23-5)24-12-7-13-28-18(4)14-17(3)27-28/h8-11,14,16H,6-7,12-13,15H2,1-5H3,(H,26,29)(H2,23,24,25). The largest absolute Gasteiger partial charge is 0.356 e. The predicted molar refractivity (Wildman–Crippen MR) is 118 cm³/mol. The van der Waals surface area contributed by atoms with Crippen LogP contribution in [-0.2, 0) is 13.1 Å². The zero-order chi connectivity index (χ0) is 21.2. The van der Waals surface area contributed by atoms with E-state index >= 15 is 0 Å². The first kappa shape index (κ1) is 22.5. The summed E-state index contributed by atoms with van der Waals surface area (Å²) in [6.45, 7) is 10.5. The summed E-state index contributed by atoms with van der Waals surface area (Å²) in [6.07, 6.45) is 1.88. The highest BCUT2D eigenvalue weighted by atomic mass is 16.1. The Morgan fingerprint density at radius 1 is 1.21 bits per heavy atom. The van der Waals surface area contributed by atoms with Gasteiger partial charge < -0.3 is 16.0 Å². The molecule has 0 saturated heterocycles. The molecule has 29 heavy (non-hydrogen) atoms. The van der Waals surface area contributed by atoms with Gasteiger partial charge in [0.25, 0.3) is 5.91 Å². The molecule has 1 unspecified atom stereocenters. The second-order valence-electron chi connectivity index (χ2n) is 7.34. The number of carbonyl (C=O) groups excluding carboxylic acids is 1. The second kappa shape index (κ2) is 11.2. The van der Waals surface area contributed by atoms with Crippen molar-refractivity contribution >= 4 is 11.9 Å². The molecule has 158 valence electrons. The molecule has 1 atom stereocenters. The molecule has 7 nitrogen and oxygen atoms in total. The normalized spacial score (nSPS) is 12.5. The Kier molecular flexibility index (Phi) is 8.70. The zero-order valence-corrected chi connectivity index (χ0v) is 18.2. The van der Waals surface area contributed by atoms with Crippen LogP contribution in [-0.4, -0.2) is 41.3 Å². The molecule has 0 aliphatic rings. The lowest BCUT2D eigenvalue weighted by atomic mass is 10.1. The number of benzene rings is 1. The van der Waals surface area contributed by atoms with Crippen LogP contribution in [0.15, 0.2) is 35.3 Å². The number of guanidine groups is 1. The highest BCUT2D eigenvalue weighted by Gasteiger charge is 2.08. The first-order valence-corrected chi connectivity index (χ1v) is 10.3. The Labute approximate surface area is 174 Å². The Bertz CT molecular complexity index is 809. The molecule has 0 radical (unpaired) electrons. The number of hydrogen-bond donors (Lipinski definition) is 3. The van der Waals surface area contributed by atoms with E-state index in [1.165, 1.54) is 5.69 Å². The van der Waals surface area contributed by atoms with E-state index in [1.54, 1.807) is 7.05 Å².